The third kappa shape index (κ3) is 2.73. The highest BCUT2D eigenvalue weighted by atomic mass is 35.5. The average Bonchev–Trinajstić information content (AvgIpc) is 2.20. The molecule has 0 saturated heterocycles. The van der Waals surface area contributed by atoms with Crippen molar-refractivity contribution in [1.82, 2.24) is 0 Å². The van der Waals surface area contributed by atoms with Gasteiger partial charge in [0.1, 0.15) is 0 Å². The van der Waals surface area contributed by atoms with Gasteiger partial charge < -0.3 is 0 Å². The molecule has 0 heterocycles. The van der Waals surface area contributed by atoms with Crippen molar-refractivity contribution in [3.63, 3.8) is 0 Å². The predicted octanol–water partition coefficient (Wildman–Crippen LogP) is 4.20. The summed E-state index contributed by atoms with van der Waals surface area (Å²) in [7, 11) is 0. The molecule has 0 spiro atoms. The van der Waals surface area contributed by atoms with Gasteiger partial charge in [0.15, 0.2) is 0 Å². The lowest BCUT2D eigenvalue weighted by Gasteiger charge is -2.19. The Balaban J connectivity index is 2.78. The second kappa shape index (κ2) is 5.29. The Labute approximate surface area is 85.9 Å². The van der Waals surface area contributed by atoms with Crippen molar-refractivity contribution < 1.29 is 0 Å². The Morgan fingerprint density at radius 2 is 1.69 bits per heavy atom. The fourth-order valence-electron chi connectivity index (χ4n) is 1.69. The average molecular weight is 197 g/mol. The molecule has 0 amide bonds. The van der Waals surface area contributed by atoms with E-state index in [1.54, 1.807) is 0 Å². The molecular formula is C12H17Cl. The number of alkyl halides is 1. The molecule has 72 valence electrons. The molecule has 2 unspecified atom stereocenters. The number of halogens is 1. The summed E-state index contributed by atoms with van der Waals surface area (Å²) in [5.74, 6) is 0.507. The summed E-state index contributed by atoms with van der Waals surface area (Å²) in [6.45, 7) is 4.34. The van der Waals surface area contributed by atoms with Crippen LogP contribution < -0.4 is 0 Å². The van der Waals surface area contributed by atoms with E-state index in [0.29, 0.717) is 5.92 Å². The first-order chi connectivity index (χ1) is 6.29. The number of hydrogen-bond donors (Lipinski definition) is 0. The standard InChI is InChI=1S/C12H17Cl/c1-3-11(12(13)4-2)10-8-6-5-7-9-10/h5-9,11-12H,3-4H2,1-2H3. The van der Waals surface area contributed by atoms with Crippen LogP contribution in [0.4, 0.5) is 0 Å². The van der Waals surface area contributed by atoms with E-state index in [1.807, 2.05) is 6.07 Å². The van der Waals surface area contributed by atoms with Crippen molar-refractivity contribution in [2.24, 2.45) is 0 Å². The Kier molecular flexibility index (Phi) is 4.31. The molecule has 0 aromatic heterocycles. The molecule has 1 heteroatoms. The van der Waals surface area contributed by atoms with E-state index < -0.39 is 0 Å². The van der Waals surface area contributed by atoms with Crippen LogP contribution in [-0.4, -0.2) is 5.38 Å². The first-order valence-corrected chi connectivity index (χ1v) is 5.42. The molecule has 0 nitrogen and oxygen atoms in total. The molecular weight excluding hydrogens is 180 g/mol. The fraction of sp³-hybridized carbons (Fsp3) is 0.500. The molecule has 0 bridgehead atoms. The summed E-state index contributed by atoms with van der Waals surface area (Å²) in [6.07, 6.45) is 2.15. The van der Waals surface area contributed by atoms with Gasteiger partial charge in [-0.25, -0.2) is 0 Å². The van der Waals surface area contributed by atoms with Gasteiger partial charge in [0, 0.05) is 5.38 Å². The summed E-state index contributed by atoms with van der Waals surface area (Å²) in [5, 5.41) is 0.271. The maximum Gasteiger partial charge on any atom is 0.0401 e. The van der Waals surface area contributed by atoms with E-state index in [2.05, 4.69) is 38.1 Å². The first-order valence-electron chi connectivity index (χ1n) is 4.98. The lowest BCUT2D eigenvalue weighted by atomic mass is 9.92. The summed E-state index contributed by atoms with van der Waals surface area (Å²) in [6, 6.07) is 10.5. The molecule has 1 aromatic carbocycles. The summed E-state index contributed by atoms with van der Waals surface area (Å²) < 4.78 is 0. The number of rotatable bonds is 4. The molecule has 0 aliphatic carbocycles. The first kappa shape index (κ1) is 10.6. The minimum atomic E-state index is 0.271. The van der Waals surface area contributed by atoms with Crippen molar-refractivity contribution in [2.45, 2.75) is 38.0 Å². The van der Waals surface area contributed by atoms with Gasteiger partial charge in [-0.3, -0.25) is 0 Å². The van der Waals surface area contributed by atoms with Gasteiger partial charge in [-0.1, -0.05) is 44.2 Å². The van der Waals surface area contributed by atoms with Crippen LogP contribution in [0.3, 0.4) is 0 Å². The van der Waals surface area contributed by atoms with Crippen LogP contribution in [0.5, 0.6) is 0 Å². The lowest BCUT2D eigenvalue weighted by Crippen LogP contribution is -2.10. The zero-order valence-corrected chi connectivity index (χ0v) is 9.09. The maximum absolute atomic E-state index is 6.27. The fourth-order valence-corrected chi connectivity index (χ4v) is 2.01. The minimum absolute atomic E-state index is 0.271. The van der Waals surface area contributed by atoms with Gasteiger partial charge in [0.25, 0.3) is 0 Å². The van der Waals surface area contributed by atoms with E-state index in [0.717, 1.165) is 12.8 Å². The second-order valence-electron chi connectivity index (χ2n) is 3.35. The van der Waals surface area contributed by atoms with Crippen molar-refractivity contribution in [3.05, 3.63) is 35.9 Å². The summed E-state index contributed by atoms with van der Waals surface area (Å²) >= 11 is 6.27. The van der Waals surface area contributed by atoms with Gasteiger partial charge in [-0.05, 0) is 24.3 Å². The van der Waals surface area contributed by atoms with Crippen LogP contribution in [0.15, 0.2) is 30.3 Å². The highest BCUT2D eigenvalue weighted by Crippen LogP contribution is 2.28. The van der Waals surface area contributed by atoms with E-state index in [-0.39, 0.29) is 5.38 Å². The van der Waals surface area contributed by atoms with Gasteiger partial charge in [0.2, 0.25) is 0 Å². The quantitative estimate of drug-likeness (QED) is 0.634. The Morgan fingerprint density at radius 1 is 1.08 bits per heavy atom. The van der Waals surface area contributed by atoms with Crippen LogP contribution in [0.1, 0.15) is 38.2 Å². The lowest BCUT2D eigenvalue weighted by molar-refractivity contribution is 0.604. The van der Waals surface area contributed by atoms with Crippen LogP contribution in [0, 0.1) is 0 Å². The van der Waals surface area contributed by atoms with Crippen molar-refractivity contribution in [2.75, 3.05) is 0 Å². The van der Waals surface area contributed by atoms with E-state index in [1.165, 1.54) is 5.56 Å². The molecule has 0 N–H and O–H groups in total. The van der Waals surface area contributed by atoms with Gasteiger partial charge in [0.05, 0.1) is 0 Å². The van der Waals surface area contributed by atoms with Gasteiger partial charge >= 0.3 is 0 Å². The Hall–Kier alpha value is -0.490. The molecule has 1 rings (SSSR count). The molecule has 1 aromatic rings. The molecule has 0 fully saturated rings. The molecule has 2 atom stereocenters. The molecule has 13 heavy (non-hydrogen) atoms. The van der Waals surface area contributed by atoms with Gasteiger partial charge in [-0.2, -0.15) is 0 Å². The van der Waals surface area contributed by atoms with E-state index >= 15 is 0 Å². The van der Waals surface area contributed by atoms with Crippen molar-refractivity contribution in [3.8, 4) is 0 Å². The van der Waals surface area contributed by atoms with Gasteiger partial charge in [-0.15, -0.1) is 11.6 Å². The van der Waals surface area contributed by atoms with Crippen LogP contribution >= 0.6 is 11.6 Å². The zero-order valence-electron chi connectivity index (χ0n) is 8.33. The molecule has 0 aliphatic rings. The number of benzene rings is 1. The Morgan fingerprint density at radius 3 is 2.15 bits per heavy atom. The molecule has 0 saturated carbocycles. The van der Waals surface area contributed by atoms with Crippen LogP contribution in [0.2, 0.25) is 0 Å². The third-order valence-electron chi connectivity index (χ3n) is 2.49. The second-order valence-corrected chi connectivity index (χ2v) is 3.91. The van der Waals surface area contributed by atoms with Crippen LogP contribution in [0.25, 0.3) is 0 Å². The largest absolute Gasteiger partial charge is 0.122 e. The summed E-state index contributed by atoms with van der Waals surface area (Å²) in [5.41, 5.74) is 1.37. The highest BCUT2D eigenvalue weighted by molar-refractivity contribution is 6.21. The SMILES string of the molecule is CCC(Cl)C(CC)c1ccccc1. The van der Waals surface area contributed by atoms with E-state index in [9.17, 15) is 0 Å². The highest BCUT2D eigenvalue weighted by Gasteiger charge is 2.16. The maximum atomic E-state index is 6.27. The van der Waals surface area contributed by atoms with E-state index in [4.69, 9.17) is 11.6 Å². The van der Waals surface area contributed by atoms with Crippen molar-refractivity contribution >= 4 is 11.6 Å². The molecule has 0 radical (unpaired) electrons. The smallest absolute Gasteiger partial charge is 0.0401 e. The monoisotopic (exact) mass is 196 g/mol. The predicted molar refractivity (Wildman–Crippen MR) is 59.4 cm³/mol. The third-order valence-corrected chi connectivity index (χ3v) is 3.11. The zero-order chi connectivity index (χ0) is 9.68. The Bertz CT molecular complexity index is 230. The number of hydrogen-bond acceptors (Lipinski definition) is 0. The normalized spacial score (nSPS) is 15.3. The minimum Gasteiger partial charge on any atom is -0.122 e. The molecule has 0 aliphatic heterocycles. The summed E-state index contributed by atoms with van der Waals surface area (Å²) in [4.78, 5) is 0. The van der Waals surface area contributed by atoms with Crippen LogP contribution in [-0.2, 0) is 0 Å². The topological polar surface area (TPSA) is 0 Å². The van der Waals surface area contributed by atoms with Crippen molar-refractivity contribution in [1.29, 1.82) is 0 Å².